The van der Waals surface area contributed by atoms with Crippen LogP contribution in [0.3, 0.4) is 0 Å². The molecule has 25 heavy (non-hydrogen) atoms. The summed E-state index contributed by atoms with van der Waals surface area (Å²) >= 11 is 3.51. The highest BCUT2D eigenvalue weighted by Crippen LogP contribution is 2.38. The maximum absolute atomic E-state index is 4.59. The van der Waals surface area contributed by atoms with Crippen LogP contribution in [0.2, 0.25) is 0 Å². The molecule has 0 amide bonds. The summed E-state index contributed by atoms with van der Waals surface area (Å²) in [5.41, 5.74) is 5.12. The normalized spacial score (nSPS) is 18.4. The Kier molecular flexibility index (Phi) is 3.69. The Labute approximate surface area is 154 Å². The van der Waals surface area contributed by atoms with Crippen molar-refractivity contribution in [3.8, 4) is 0 Å². The van der Waals surface area contributed by atoms with Crippen LogP contribution in [0, 0.1) is 0 Å². The van der Waals surface area contributed by atoms with Gasteiger partial charge in [0.15, 0.2) is 0 Å². The predicted molar refractivity (Wildman–Crippen MR) is 107 cm³/mol. The minimum atomic E-state index is 0.642. The summed E-state index contributed by atoms with van der Waals surface area (Å²) < 4.78 is 1.22. The van der Waals surface area contributed by atoms with E-state index in [2.05, 4.69) is 57.6 Å². The third-order valence-corrected chi connectivity index (χ3v) is 6.87. The van der Waals surface area contributed by atoms with Gasteiger partial charge >= 0.3 is 0 Å². The lowest BCUT2D eigenvalue weighted by Crippen LogP contribution is -2.12. The second-order valence-corrected chi connectivity index (χ2v) is 8.58. The van der Waals surface area contributed by atoms with Crippen LogP contribution >= 0.6 is 22.7 Å². The Morgan fingerprint density at radius 3 is 3.04 bits per heavy atom. The zero-order valence-corrected chi connectivity index (χ0v) is 15.5. The van der Waals surface area contributed by atoms with Crippen molar-refractivity contribution in [3.63, 3.8) is 0 Å². The van der Waals surface area contributed by atoms with Crippen molar-refractivity contribution in [1.29, 1.82) is 0 Å². The number of nitrogens with zero attached hydrogens (tertiary/aromatic N) is 3. The Bertz CT molecular complexity index is 1050. The molecule has 0 bridgehead atoms. The van der Waals surface area contributed by atoms with Gasteiger partial charge in [-0.05, 0) is 50.3 Å². The van der Waals surface area contributed by atoms with E-state index in [1.54, 1.807) is 11.3 Å². The van der Waals surface area contributed by atoms with Crippen molar-refractivity contribution in [2.75, 3.05) is 25.5 Å². The van der Waals surface area contributed by atoms with Gasteiger partial charge in [-0.15, -0.1) is 22.7 Å². The summed E-state index contributed by atoms with van der Waals surface area (Å²) in [6.07, 6.45) is 3.14. The number of hydrogen-bond donors (Lipinski definition) is 1. The lowest BCUT2D eigenvalue weighted by Gasteiger charge is -2.08. The van der Waals surface area contributed by atoms with E-state index in [9.17, 15) is 0 Å². The van der Waals surface area contributed by atoms with Gasteiger partial charge in [0.25, 0.3) is 0 Å². The van der Waals surface area contributed by atoms with Gasteiger partial charge in [-0.1, -0.05) is 0 Å². The van der Waals surface area contributed by atoms with E-state index in [0.29, 0.717) is 5.92 Å². The molecule has 0 aliphatic carbocycles. The summed E-state index contributed by atoms with van der Waals surface area (Å²) in [4.78, 5) is 14.0. The molecule has 0 unspecified atom stereocenters. The predicted octanol–water partition coefficient (Wildman–Crippen LogP) is 5.07. The largest absolute Gasteiger partial charge is 0.355 e. The van der Waals surface area contributed by atoms with E-state index < -0.39 is 0 Å². The van der Waals surface area contributed by atoms with Crippen LogP contribution in [0.25, 0.3) is 20.4 Å². The third kappa shape index (κ3) is 2.80. The number of hydrogen-bond acceptors (Lipinski definition) is 6. The quantitative estimate of drug-likeness (QED) is 0.550. The maximum Gasteiger partial charge on any atom is 0.125 e. The van der Waals surface area contributed by atoms with Gasteiger partial charge in [0.2, 0.25) is 0 Å². The van der Waals surface area contributed by atoms with Crippen molar-refractivity contribution >= 4 is 54.5 Å². The molecule has 0 radical (unpaired) electrons. The Morgan fingerprint density at radius 2 is 2.16 bits per heavy atom. The molecule has 1 N–H and O–H groups in total. The lowest BCUT2D eigenvalue weighted by atomic mass is 10.1. The number of benzene rings is 1. The summed E-state index contributed by atoms with van der Waals surface area (Å²) in [7, 11) is 2.20. The molecule has 1 fully saturated rings. The van der Waals surface area contributed by atoms with Crippen molar-refractivity contribution in [2.45, 2.75) is 12.3 Å². The van der Waals surface area contributed by atoms with Crippen molar-refractivity contribution in [2.24, 2.45) is 0 Å². The zero-order valence-electron chi connectivity index (χ0n) is 13.9. The second-order valence-electron chi connectivity index (χ2n) is 6.63. The number of aromatic nitrogens is 2. The zero-order chi connectivity index (χ0) is 16.8. The summed E-state index contributed by atoms with van der Waals surface area (Å²) in [6.45, 7) is 2.33. The van der Waals surface area contributed by atoms with Crippen molar-refractivity contribution in [3.05, 3.63) is 46.9 Å². The Hall–Kier alpha value is -2.02. The highest BCUT2D eigenvalue weighted by Gasteiger charge is 2.23. The van der Waals surface area contributed by atoms with Gasteiger partial charge in [-0.3, -0.25) is 0 Å². The number of fused-ring (bicyclic) bond motifs is 2. The average molecular weight is 367 g/mol. The fourth-order valence-corrected chi connectivity index (χ4v) is 5.34. The molecule has 1 atom stereocenters. The van der Waals surface area contributed by atoms with Gasteiger partial charge in [0, 0.05) is 34.6 Å². The molecule has 0 saturated carbocycles. The van der Waals surface area contributed by atoms with Crippen LogP contribution in [0.15, 0.2) is 42.0 Å². The molecular formula is C19H18N4S2. The molecular weight excluding hydrogens is 348 g/mol. The number of likely N-dealkylation sites (N-methyl/N-ethyl adjacent to an activating group) is 1. The molecule has 126 valence electrons. The van der Waals surface area contributed by atoms with E-state index in [-0.39, 0.29) is 0 Å². The van der Waals surface area contributed by atoms with Crippen LogP contribution in [-0.2, 0) is 0 Å². The van der Waals surface area contributed by atoms with Gasteiger partial charge in [-0.25, -0.2) is 9.97 Å². The summed E-state index contributed by atoms with van der Waals surface area (Å²) in [5.74, 6) is 0.642. The highest BCUT2D eigenvalue weighted by molar-refractivity contribution is 7.18. The minimum absolute atomic E-state index is 0.642. The van der Waals surface area contributed by atoms with Crippen LogP contribution in [0.5, 0.6) is 0 Å². The molecule has 3 aromatic heterocycles. The van der Waals surface area contributed by atoms with Gasteiger partial charge in [0.1, 0.15) is 4.83 Å². The van der Waals surface area contributed by atoms with Crippen molar-refractivity contribution in [1.82, 2.24) is 14.9 Å². The van der Waals surface area contributed by atoms with Crippen LogP contribution in [0.1, 0.15) is 17.2 Å². The maximum atomic E-state index is 4.59. The van der Waals surface area contributed by atoms with E-state index in [1.165, 1.54) is 27.9 Å². The third-order valence-electron chi connectivity index (χ3n) is 4.86. The first-order chi connectivity index (χ1) is 12.3. The topological polar surface area (TPSA) is 41.0 Å². The number of thiophene rings is 1. The van der Waals surface area contributed by atoms with Crippen LogP contribution < -0.4 is 5.32 Å². The van der Waals surface area contributed by atoms with E-state index in [4.69, 9.17) is 0 Å². The Balaban J connectivity index is 1.51. The average Bonchev–Trinajstić information content (AvgIpc) is 3.32. The number of nitrogens with one attached hydrogen (secondary N) is 1. The van der Waals surface area contributed by atoms with Crippen LogP contribution in [0.4, 0.5) is 11.4 Å². The highest BCUT2D eigenvalue weighted by atomic mass is 32.1. The molecule has 5 rings (SSSR count). The van der Waals surface area contributed by atoms with Crippen LogP contribution in [-0.4, -0.2) is 35.0 Å². The fraction of sp³-hybridized carbons (Fsp3) is 0.263. The van der Waals surface area contributed by atoms with E-state index >= 15 is 0 Å². The first kappa shape index (κ1) is 15.3. The number of anilines is 2. The van der Waals surface area contributed by atoms with E-state index in [1.807, 2.05) is 23.0 Å². The smallest absolute Gasteiger partial charge is 0.125 e. The molecule has 4 heterocycles. The monoisotopic (exact) mass is 366 g/mol. The number of rotatable bonds is 3. The summed E-state index contributed by atoms with van der Waals surface area (Å²) in [6, 6.07) is 10.7. The molecule has 1 aromatic carbocycles. The first-order valence-electron chi connectivity index (χ1n) is 8.43. The molecule has 1 saturated heterocycles. The van der Waals surface area contributed by atoms with E-state index in [0.717, 1.165) is 28.3 Å². The molecule has 4 nitrogen and oxygen atoms in total. The Morgan fingerprint density at radius 1 is 1.20 bits per heavy atom. The number of thiazole rings is 1. The minimum Gasteiger partial charge on any atom is -0.355 e. The van der Waals surface area contributed by atoms with Gasteiger partial charge in [-0.2, -0.15) is 0 Å². The summed E-state index contributed by atoms with van der Waals surface area (Å²) in [5, 5.41) is 4.78. The molecule has 1 aliphatic heterocycles. The van der Waals surface area contributed by atoms with Crippen molar-refractivity contribution < 1.29 is 0 Å². The second kappa shape index (κ2) is 6.05. The van der Waals surface area contributed by atoms with Gasteiger partial charge in [0.05, 0.1) is 21.4 Å². The molecule has 1 aliphatic rings. The number of pyridine rings is 1. The first-order valence-corrected chi connectivity index (χ1v) is 10.1. The number of likely N-dealkylation sites (tertiary alicyclic amines) is 1. The molecule has 6 heteroatoms. The molecule has 4 aromatic rings. The SMILES string of the molecule is CN1CC[C@@H](c2cc3c(Nc4ccc5scnc5c4)ccnc3s2)C1. The fourth-order valence-electron chi connectivity index (χ4n) is 3.53. The van der Waals surface area contributed by atoms with Gasteiger partial charge < -0.3 is 10.2 Å². The lowest BCUT2D eigenvalue weighted by molar-refractivity contribution is 0.412. The standard InChI is InChI=1S/C19H18N4S2/c1-23-7-5-12(10-23)18-9-14-15(4-6-20-19(14)25-18)22-13-2-3-17-16(8-13)21-11-24-17/h2-4,6,8-9,11-12H,5,7,10H2,1H3,(H,20,22)/t12-/m1/s1. The molecule has 0 spiro atoms.